The number of hydrogen-bond acceptors (Lipinski definition) is 3. The number of carbonyl (C=O) groups excluding carboxylic acids is 1. The van der Waals surface area contributed by atoms with Crippen LogP contribution in [0.15, 0.2) is 17.5 Å². The van der Waals surface area contributed by atoms with E-state index in [0.29, 0.717) is 6.42 Å². The van der Waals surface area contributed by atoms with E-state index in [9.17, 15) is 9.59 Å². The van der Waals surface area contributed by atoms with Gasteiger partial charge in [-0.25, -0.2) is 0 Å². The Morgan fingerprint density at radius 3 is 2.89 bits per heavy atom. The van der Waals surface area contributed by atoms with Gasteiger partial charge in [0.2, 0.25) is 5.91 Å². The van der Waals surface area contributed by atoms with Gasteiger partial charge in [0.05, 0.1) is 5.92 Å². The minimum absolute atomic E-state index is 0.217. The lowest BCUT2D eigenvalue weighted by molar-refractivity contribution is -0.142. The number of rotatable bonds is 4. The van der Waals surface area contributed by atoms with Gasteiger partial charge in [0.1, 0.15) is 0 Å². The zero-order chi connectivity index (χ0) is 13.8. The Labute approximate surface area is 116 Å². The average molecular weight is 279 g/mol. The number of aliphatic carboxylic acids is 1. The SMILES string of the molecule is Cc1ccsc1C=CC(=O)NC1CCCC1C(=O)O. The lowest BCUT2D eigenvalue weighted by atomic mass is 10.0. The van der Waals surface area contributed by atoms with Crippen molar-refractivity contribution in [3.05, 3.63) is 28.0 Å². The molecule has 19 heavy (non-hydrogen) atoms. The normalized spacial score (nSPS) is 22.8. The predicted octanol–water partition coefficient (Wildman–Crippen LogP) is 2.44. The molecule has 4 nitrogen and oxygen atoms in total. The van der Waals surface area contributed by atoms with Crippen molar-refractivity contribution in [3.8, 4) is 0 Å². The number of amides is 1. The smallest absolute Gasteiger partial charge is 0.308 e. The predicted molar refractivity (Wildman–Crippen MR) is 75.0 cm³/mol. The topological polar surface area (TPSA) is 66.4 Å². The molecule has 1 aromatic rings. The Kier molecular flexibility index (Phi) is 4.37. The summed E-state index contributed by atoms with van der Waals surface area (Å²) in [5.41, 5.74) is 1.14. The van der Waals surface area contributed by atoms with E-state index in [1.54, 1.807) is 17.4 Å². The molecular weight excluding hydrogens is 262 g/mol. The molecule has 1 aliphatic carbocycles. The van der Waals surface area contributed by atoms with E-state index in [0.717, 1.165) is 23.3 Å². The zero-order valence-electron chi connectivity index (χ0n) is 10.8. The van der Waals surface area contributed by atoms with Crippen LogP contribution in [-0.2, 0) is 9.59 Å². The van der Waals surface area contributed by atoms with Crippen LogP contribution in [0.4, 0.5) is 0 Å². The molecule has 1 fully saturated rings. The number of carbonyl (C=O) groups is 2. The van der Waals surface area contributed by atoms with Gasteiger partial charge in [0, 0.05) is 17.0 Å². The first kappa shape index (κ1) is 13.8. The van der Waals surface area contributed by atoms with Gasteiger partial charge in [-0.15, -0.1) is 11.3 Å². The first-order valence-electron chi connectivity index (χ1n) is 6.33. The molecule has 0 saturated heterocycles. The monoisotopic (exact) mass is 279 g/mol. The molecule has 1 saturated carbocycles. The molecule has 0 radical (unpaired) electrons. The fraction of sp³-hybridized carbons (Fsp3) is 0.429. The molecule has 102 valence electrons. The highest BCUT2D eigenvalue weighted by Gasteiger charge is 2.33. The van der Waals surface area contributed by atoms with Crippen LogP contribution in [0, 0.1) is 12.8 Å². The number of hydrogen-bond donors (Lipinski definition) is 2. The van der Waals surface area contributed by atoms with Crippen LogP contribution in [-0.4, -0.2) is 23.0 Å². The fourth-order valence-electron chi connectivity index (χ4n) is 2.37. The number of thiophene rings is 1. The lowest BCUT2D eigenvalue weighted by Crippen LogP contribution is -2.39. The van der Waals surface area contributed by atoms with Crippen LogP contribution in [0.5, 0.6) is 0 Å². The van der Waals surface area contributed by atoms with Crippen molar-refractivity contribution in [3.63, 3.8) is 0 Å². The van der Waals surface area contributed by atoms with Gasteiger partial charge in [0.15, 0.2) is 0 Å². The first-order chi connectivity index (χ1) is 9.08. The quantitative estimate of drug-likeness (QED) is 0.832. The minimum Gasteiger partial charge on any atom is -0.481 e. The summed E-state index contributed by atoms with van der Waals surface area (Å²) in [5.74, 6) is -1.48. The van der Waals surface area contributed by atoms with Crippen LogP contribution in [0.3, 0.4) is 0 Å². The van der Waals surface area contributed by atoms with E-state index in [1.807, 2.05) is 18.4 Å². The van der Waals surface area contributed by atoms with Crippen molar-refractivity contribution in [2.24, 2.45) is 5.92 Å². The molecule has 2 unspecified atom stereocenters. The van der Waals surface area contributed by atoms with Crippen molar-refractivity contribution in [1.82, 2.24) is 5.32 Å². The molecule has 2 rings (SSSR count). The maximum atomic E-state index is 11.8. The third-order valence-corrected chi connectivity index (χ3v) is 4.43. The first-order valence-corrected chi connectivity index (χ1v) is 7.21. The Bertz CT molecular complexity index is 507. The number of carboxylic acid groups (broad SMARTS) is 1. The third kappa shape index (κ3) is 3.44. The van der Waals surface area contributed by atoms with Crippen molar-refractivity contribution in [2.75, 3.05) is 0 Å². The molecular formula is C14H17NO3S. The molecule has 0 aliphatic heterocycles. The summed E-state index contributed by atoms with van der Waals surface area (Å²) >= 11 is 1.58. The second-order valence-electron chi connectivity index (χ2n) is 4.79. The molecule has 1 heterocycles. The molecule has 2 N–H and O–H groups in total. The number of nitrogens with one attached hydrogen (secondary N) is 1. The molecule has 0 aromatic carbocycles. The summed E-state index contributed by atoms with van der Waals surface area (Å²) in [4.78, 5) is 23.9. The van der Waals surface area contributed by atoms with Crippen molar-refractivity contribution < 1.29 is 14.7 Å². The van der Waals surface area contributed by atoms with E-state index in [2.05, 4.69) is 5.32 Å². The zero-order valence-corrected chi connectivity index (χ0v) is 11.6. The van der Waals surface area contributed by atoms with Crippen LogP contribution in [0.1, 0.15) is 29.7 Å². The second kappa shape index (κ2) is 6.02. The Morgan fingerprint density at radius 2 is 2.26 bits per heavy atom. The summed E-state index contributed by atoms with van der Waals surface area (Å²) in [5, 5.41) is 13.8. The van der Waals surface area contributed by atoms with Crippen LogP contribution in [0.2, 0.25) is 0 Å². The molecule has 0 bridgehead atoms. The van der Waals surface area contributed by atoms with Crippen molar-refractivity contribution in [1.29, 1.82) is 0 Å². The highest BCUT2D eigenvalue weighted by molar-refractivity contribution is 7.11. The largest absolute Gasteiger partial charge is 0.481 e. The van der Waals surface area contributed by atoms with Crippen LogP contribution >= 0.6 is 11.3 Å². The standard InChI is InChI=1S/C14H17NO3S/c1-9-7-8-19-12(9)5-6-13(16)15-11-4-2-3-10(11)14(17)18/h5-8,10-11H,2-4H2,1H3,(H,15,16)(H,17,18). The summed E-state index contributed by atoms with van der Waals surface area (Å²) < 4.78 is 0. The highest BCUT2D eigenvalue weighted by atomic mass is 32.1. The van der Waals surface area contributed by atoms with Gasteiger partial charge in [-0.05, 0) is 42.9 Å². The Hall–Kier alpha value is -1.62. The third-order valence-electron chi connectivity index (χ3n) is 3.45. The fourth-order valence-corrected chi connectivity index (χ4v) is 3.19. The Morgan fingerprint density at radius 1 is 1.47 bits per heavy atom. The molecule has 0 spiro atoms. The molecule has 2 atom stereocenters. The van der Waals surface area contributed by atoms with E-state index in [4.69, 9.17) is 5.11 Å². The molecule has 1 amide bonds. The van der Waals surface area contributed by atoms with E-state index in [1.165, 1.54) is 6.08 Å². The van der Waals surface area contributed by atoms with Gasteiger partial charge < -0.3 is 10.4 Å². The van der Waals surface area contributed by atoms with E-state index < -0.39 is 11.9 Å². The van der Waals surface area contributed by atoms with Gasteiger partial charge in [-0.1, -0.05) is 6.42 Å². The maximum absolute atomic E-state index is 11.8. The molecule has 1 aromatic heterocycles. The molecule has 5 heteroatoms. The van der Waals surface area contributed by atoms with Crippen molar-refractivity contribution >= 4 is 29.3 Å². The van der Waals surface area contributed by atoms with Crippen LogP contribution in [0.25, 0.3) is 6.08 Å². The van der Waals surface area contributed by atoms with E-state index >= 15 is 0 Å². The molecule has 1 aliphatic rings. The minimum atomic E-state index is -0.819. The summed E-state index contributed by atoms with van der Waals surface area (Å²) in [6, 6.07) is 1.76. The summed E-state index contributed by atoms with van der Waals surface area (Å²) in [7, 11) is 0. The number of carboxylic acids is 1. The van der Waals surface area contributed by atoms with Crippen LogP contribution < -0.4 is 5.32 Å². The number of aryl methyl sites for hydroxylation is 1. The maximum Gasteiger partial charge on any atom is 0.308 e. The van der Waals surface area contributed by atoms with Gasteiger partial charge in [-0.3, -0.25) is 9.59 Å². The van der Waals surface area contributed by atoms with Crippen molar-refractivity contribution in [2.45, 2.75) is 32.2 Å². The van der Waals surface area contributed by atoms with Gasteiger partial charge in [0.25, 0.3) is 0 Å². The summed E-state index contributed by atoms with van der Waals surface area (Å²) in [6.45, 7) is 1.99. The van der Waals surface area contributed by atoms with E-state index in [-0.39, 0.29) is 11.9 Å². The Balaban J connectivity index is 1.93. The highest BCUT2D eigenvalue weighted by Crippen LogP contribution is 2.25. The van der Waals surface area contributed by atoms with Gasteiger partial charge in [-0.2, -0.15) is 0 Å². The second-order valence-corrected chi connectivity index (χ2v) is 5.74. The lowest BCUT2D eigenvalue weighted by Gasteiger charge is -2.16. The summed E-state index contributed by atoms with van der Waals surface area (Å²) in [6.07, 6.45) is 5.51. The van der Waals surface area contributed by atoms with Gasteiger partial charge >= 0.3 is 5.97 Å². The average Bonchev–Trinajstić information content (AvgIpc) is 2.95.